The molecule has 2 rings (SSSR count). The standard InChI is InChI=1S/C16H19N3O2/c1-11-5-15(21-10-16(2,3)4)19-7-13(11)14-8-17-12(9-20)6-18-14/h5-9H,10H2,1-4H3. The van der Waals surface area contributed by atoms with Crippen LogP contribution in [0.3, 0.4) is 0 Å². The molecule has 0 radical (unpaired) electrons. The topological polar surface area (TPSA) is 65.0 Å². The molecule has 0 aliphatic rings. The summed E-state index contributed by atoms with van der Waals surface area (Å²) < 4.78 is 5.69. The molecule has 2 aromatic rings. The van der Waals surface area contributed by atoms with Crippen molar-refractivity contribution in [2.24, 2.45) is 5.41 Å². The maximum atomic E-state index is 10.6. The minimum Gasteiger partial charge on any atom is -0.477 e. The predicted octanol–water partition coefficient (Wildman–Crippen LogP) is 3.08. The fourth-order valence-electron chi connectivity index (χ4n) is 1.71. The van der Waals surface area contributed by atoms with Gasteiger partial charge >= 0.3 is 0 Å². The number of pyridine rings is 1. The van der Waals surface area contributed by atoms with Crippen molar-refractivity contribution in [1.82, 2.24) is 15.0 Å². The van der Waals surface area contributed by atoms with E-state index in [4.69, 9.17) is 4.74 Å². The van der Waals surface area contributed by atoms with Gasteiger partial charge in [-0.1, -0.05) is 20.8 Å². The van der Waals surface area contributed by atoms with Gasteiger partial charge in [-0.25, -0.2) is 9.97 Å². The van der Waals surface area contributed by atoms with Gasteiger partial charge in [0.2, 0.25) is 5.88 Å². The van der Waals surface area contributed by atoms with Gasteiger partial charge in [-0.3, -0.25) is 9.78 Å². The maximum Gasteiger partial charge on any atom is 0.213 e. The molecule has 2 heterocycles. The highest BCUT2D eigenvalue weighted by Gasteiger charge is 2.12. The molecular weight excluding hydrogens is 266 g/mol. The van der Waals surface area contributed by atoms with Crippen LogP contribution in [0, 0.1) is 12.3 Å². The fraction of sp³-hybridized carbons (Fsp3) is 0.375. The summed E-state index contributed by atoms with van der Waals surface area (Å²) in [4.78, 5) is 23.1. The van der Waals surface area contributed by atoms with E-state index in [1.807, 2.05) is 13.0 Å². The lowest BCUT2D eigenvalue weighted by atomic mass is 9.99. The zero-order valence-corrected chi connectivity index (χ0v) is 12.8. The van der Waals surface area contributed by atoms with Crippen molar-refractivity contribution < 1.29 is 9.53 Å². The SMILES string of the molecule is Cc1cc(OCC(C)(C)C)ncc1-c1cnc(C=O)cn1. The number of aldehydes is 1. The largest absolute Gasteiger partial charge is 0.477 e. The second kappa shape index (κ2) is 5.99. The number of rotatable bonds is 4. The molecule has 0 bridgehead atoms. The number of carbonyl (C=O) groups is 1. The Kier molecular flexibility index (Phi) is 4.31. The van der Waals surface area contributed by atoms with Gasteiger partial charge < -0.3 is 4.74 Å². The molecule has 110 valence electrons. The van der Waals surface area contributed by atoms with E-state index in [9.17, 15) is 4.79 Å². The molecule has 0 fully saturated rings. The summed E-state index contributed by atoms with van der Waals surface area (Å²) in [6, 6.07) is 1.89. The van der Waals surface area contributed by atoms with E-state index in [-0.39, 0.29) is 5.41 Å². The number of nitrogens with zero attached hydrogens (tertiary/aromatic N) is 3. The molecule has 0 aliphatic heterocycles. The molecule has 5 heteroatoms. The van der Waals surface area contributed by atoms with Crippen molar-refractivity contribution in [3.63, 3.8) is 0 Å². The van der Waals surface area contributed by atoms with E-state index in [0.717, 1.165) is 11.1 Å². The van der Waals surface area contributed by atoms with Crippen molar-refractivity contribution in [3.05, 3.63) is 35.9 Å². The van der Waals surface area contributed by atoms with Crippen molar-refractivity contribution in [3.8, 4) is 17.1 Å². The minimum atomic E-state index is 0.0877. The van der Waals surface area contributed by atoms with Gasteiger partial charge in [0.05, 0.1) is 24.7 Å². The third-order valence-electron chi connectivity index (χ3n) is 2.81. The van der Waals surface area contributed by atoms with Crippen LogP contribution in [-0.4, -0.2) is 27.8 Å². The highest BCUT2D eigenvalue weighted by Crippen LogP contribution is 2.24. The summed E-state index contributed by atoms with van der Waals surface area (Å²) in [6.07, 6.45) is 5.42. The third kappa shape index (κ3) is 4.08. The predicted molar refractivity (Wildman–Crippen MR) is 80.3 cm³/mol. The summed E-state index contributed by atoms with van der Waals surface area (Å²) in [5.41, 5.74) is 2.97. The van der Waals surface area contributed by atoms with Crippen LogP contribution >= 0.6 is 0 Å². The Hall–Kier alpha value is -2.30. The molecule has 0 unspecified atom stereocenters. The van der Waals surface area contributed by atoms with Crippen molar-refractivity contribution in [2.45, 2.75) is 27.7 Å². The number of ether oxygens (including phenoxy) is 1. The monoisotopic (exact) mass is 285 g/mol. The smallest absolute Gasteiger partial charge is 0.213 e. The van der Waals surface area contributed by atoms with Crippen LogP contribution in [0.1, 0.15) is 36.8 Å². The van der Waals surface area contributed by atoms with Gasteiger partial charge in [-0.15, -0.1) is 0 Å². The molecule has 2 aromatic heterocycles. The Morgan fingerprint density at radius 2 is 1.90 bits per heavy atom. The number of hydrogen-bond acceptors (Lipinski definition) is 5. The molecule has 0 N–H and O–H groups in total. The van der Waals surface area contributed by atoms with Gasteiger partial charge in [0.25, 0.3) is 0 Å². The Morgan fingerprint density at radius 3 is 2.43 bits per heavy atom. The Labute approximate surface area is 124 Å². The molecule has 0 saturated carbocycles. The number of aryl methyl sites for hydroxylation is 1. The molecule has 5 nitrogen and oxygen atoms in total. The van der Waals surface area contributed by atoms with Crippen LogP contribution in [-0.2, 0) is 0 Å². The second-order valence-corrected chi connectivity index (χ2v) is 6.13. The highest BCUT2D eigenvalue weighted by atomic mass is 16.5. The summed E-state index contributed by atoms with van der Waals surface area (Å²) >= 11 is 0. The number of hydrogen-bond donors (Lipinski definition) is 0. The van der Waals surface area contributed by atoms with Gasteiger partial charge in [-0.05, 0) is 17.9 Å². The third-order valence-corrected chi connectivity index (χ3v) is 2.81. The summed E-state index contributed by atoms with van der Waals surface area (Å²) in [6.45, 7) is 8.90. The summed E-state index contributed by atoms with van der Waals surface area (Å²) in [5, 5.41) is 0. The minimum absolute atomic E-state index is 0.0877. The molecule has 0 aliphatic carbocycles. The molecule has 0 spiro atoms. The van der Waals surface area contributed by atoms with Crippen LogP contribution in [0.25, 0.3) is 11.3 Å². The second-order valence-electron chi connectivity index (χ2n) is 6.13. The lowest BCUT2D eigenvalue weighted by Gasteiger charge is -2.18. The Balaban J connectivity index is 2.20. The van der Waals surface area contributed by atoms with E-state index in [0.29, 0.717) is 30.2 Å². The van der Waals surface area contributed by atoms with Gasteiger partial charge in [-0.2, -0.15) is 0 Å². The number of carbonyl (C=O) groups excluding carboxylic acids is 1. The van der Waals surface area contributed by atoms with E-state index >= 15 is 0 Å². The Bertz CT molecular complexity index is 631. The molecule has 0 atom stereocenters. The summed E-state index contributed by atoms with van der Waals surface area (Å²) in [5.74, 6) is 0.601. The van der Waals surface area contributed by atoms with Crippen LogP contribution in [0.5, 0.6) is 5.88 Å². The van der Waals surface area contributed by atoms with Crippen molar-refractivity contribution in [2.75, 3.05) is 6.61 Å². The van der Waals surface area contributed by atoms with Crippen LogP contribution in [0.15, 0.2) is 24.7 Å². The van der Waals surface area contributed by atoms with Gasteiger partial charge in [0, 0.05) is 17.8 Å². The normalized spacial score (nSPS) is 11.2. The molecule has 21 heavy (non-hydrogen) atoms. The average molecular weight is 285 g/mol. The lowest BCUT2D eigenvalue weighted by Crippen LogP contribution is -2.17. The zero-order valence-electron chi connectivity index (χ0n) is 12.8. The lowest BCUT2D eigenvalue weighted by molar-refractivity contribution is 0.111. The van der Waals surface area contributed by atoms with Crippen LogP contribution in [0.2, 0.25) is 0 Å². The number of aromatic nitrogens is 3. The average Bonchev–Trinajstić information content (AvgIpc) is 2.45. The highest BCUT2D eigenvalue weighted by molar-refractivity contribution is 5.72. The van der Waals surface area contributed by atoms with E-state index < -0.39 is 0 Å². The first-order valence-corrected chi connectivity index (χ1v) is 6.76. The Morgan fingerprint density at radius 1 is 1.14 bits per heavy atom. The first-order chi connectivity index (χ1) is 9.89. The first-order valence-electron chi connectivity index (χ1n) is 6.76. The quantitative estimate of drug-likeness (QED) is 0.808. The van der Waals surface area contributed by atoms with Gasteiger partial charge in [0.1, 0.15) is 5.69 Å². The summed E-state index contributed by atoms with van der Waals surface area (Å²) in [7, 11) is 0. The zero-order chi connectivity index (χ0) is 15.5. The van der Waals surface area contributed by atoms with Crippen molar-refractivity contribution in [1.29, 1.82) is 0 Å². The van der Waals surface area contributed by atoms with Crippen molar-refractivity contribution >= 4 is 6.29 Å². The van der Waals surface area contributed by atoms with E-state index in [2.05, 4.69) is 35.7 Å². The molecule has 0 aromatic carbocycles. The van der Waals surface area contributed by atoms with E-state index in [1.54, 1.807) is 12.4 Å². The first kappa shape index (κ1) is 15.1. The molecular formula is C16H19N3O2. The van der Waals surface area contributed by atoms with Gasteiger partial charge in [0.15, 0.2) is 6.29 Å². The van der Waals surface area contributed by atoms with Crippen LogP contribution < -0.4 is 4.74 Å². The molecule has 0 saturated heterocycles. The maximum absolute atomic E-state index is 10.6. The van der Waals surface area contributed by atoms with Crippen LogP contribution in [0.4, 0.5) is 0 Å². The molecule has 0 amide bonds. The van der Waals surface area contributed by atoms with E-state index in [1.165, 1.54) is 6.20 Å². The fourth-order valence-corrected chi connectivity index (χ4v) is 1.71.